The molecule has 0 aliphatic carbocycles. The van der Waals surface area contributed by atoms with Crippen molar-refractivity contribution in [2.45, 2.75) is 76.7 Å². The van der Waals surface area contributed by atoms with E-state index in [1.807, 2.05) is 25.3 Å². The second kappa shape index (κ2) is 15.6. The van der Waals surface area contributed by atoms with Crippen LogP contribution in [0.4, 0.5) is 0 Å². The predicted octanol–water partition coefficient (Wildman–Crippen LogP) is 5.59. The van der Waals surface area contributed by atoms with Gasteiger partial charge in [0.15, 0.2) is 0 Å². The molecule has 3 aromatic rings. The summed E-state index contributed by atoms with van der Waals surface area (Å²) in [5.74, 6) is 1.09. The predicted molar refractivity (Wildman–Crippen MR) is 160 cm³/mol. The number of H-pyrrole nitrogens is 1. The molecule has 1 aliphatic rings. The Hall–Kier alpha value is -2.96. The van der Waals surface area contributed by atoms with Crippen LogP contribution >= 0.6 is 0 Å². The number of ketones is 1. The molecule has 2 atom stereocenters. The third-order valence-electron chi connectivity index (χ3n) is 8.10. The molecule has 1 saturated heterocycles. The summed E-state index contributed by atoms with van der Waals surface area (Å²) in [5, 5.41) is 8.12. The maximum Gasteiger partial charge on any atom is 0.220 e. The number of likely N-dealkylation sites (tertiary alicyclic amines) is 1. The van der Waals surface area contributed by atoms with Crippen molar-refractivity contribution in [3.8, 4) is 0 Å². The highest BCUT2D eigenvalue weighted by Crippen LogP contribution is 2.26. The molecule has 1 aromatic heterocycles. The molecule has 6 heteroatoms. The summed E-state index contributed by atoms with van der Waals surface area (Å²) in [6.45, 7) is 6.93. The molecule has 2 unspecified atom stereocenters. The van der Waals surface area contributed by atoms with Gasteiger partial charge in [0.1, 0.15) is 5.78 Å². The Morgan fingerprint density at radius 1 is 1.03 bits per heavy atom. The fraction of sp³-hybridized carbons (Fsp3) is 0.515. The average molecular weight is 531 g/mol. The fourth-order valence-electron chi connectivity index (χ4n) is 5.72. The number of Topliss-reactive ketones (excluding diaryl/α,β-unsaturated/α-hetero) is 1. The van der Waals surface area contributed by atoms with E-state index >= 15 is 0 Å². The van der Waals surface area contributed by atoms with Gasteiger partial charge >= 0.3 is 0 Å². The van der Waals surface area contributed by atoms with Crippen molar-refractivity contribution in [2.75, 3.05) is 32.7 Å². The maximum atomic E-state index is 12.9. The van der Waals surface area contributed by atoms with E-state index in [0.29, 0.717) is 31.0 Å². The van der Waals surface area contributed by atoms with E-state index < -0.39 is 0 Å². The quantitative estimate of drug-likeness (QED) is 0.199. The van der Waals surface area contributed by atoms with Crippen LogP contribution in [0.3, 0.4) is 0 Å². The summed E-state index contributed by atoms with van der Waals surface area (Å²) < 4.78 is 0. The van der Waals surface area contributed by atoms with Crippen LogP contribution in [0.25, 0.3) is 10.9 Å². The number of hydrogen-bond acceptors (Lipinski definition) is 4. The number of carbonyl (C=O) groups excluding carboxylic acids is 2. The smallest absolute Gasteiger partial charge is 0.220 e. The normalized spacial score (nSPS) is 16.5. The molecule has 1 amide bonds. The number of benzene rings is 2. The molecule has 1 fully saturated rings. The van der Waals surface area contributed by atoms with Gasteiger partial charge in [-0.2, -0.15) is 0 Å². The van der Waals surface area contributed by atoms with Crippen molar-refractivity contribution in [3.63, 3.8) is 0 Å². The van der Waals surface area contributed by atoms with Gasteiger partial charge < -0.3 is 20.5 Å². The Morgan fingerprint density at radius 3 is 2.69 bits per heavy atom. The largest absolute Gasteiger partial charge is 0.361 e. The minimum atomic E-state index is 0.109. The van der Waals surface area contributed by atoms with Crippen LogP contribution in [0.15, 0.2) is 60.8 Å². The van der Waals surface area contributed by atoms with Gasteiger partial charge in [-0.1, -0.05) is 68.3 Å². The van der Waals surface area contributed by atoms with Crippen molar-refractivity contribution >= 4 is 22.6 Å². The summed E-state index contributed by atoms with van der Waals surface area (Å²) in [6.07, 6.45) is 9.70. The lowest BCUT2D eigenvalue weighted by Crippen LogP contribution is -2.43. The number of carbonyl (C=O) groups is 2. The first kappa shape index (κ1) is 29.0. The number of aryl methyl sites for hydroxylation is 1. The Balaban J connectivity index is 1.20. The second-order valence-corrected chi connectivity index (χ2v) is 11.0. The van der Waals surface area contributed by atoms with E-state index in [9.17, 15) is 9.59 Å². The van der Waals surface area contributed by atoms with Crippen LogP contribution in [0, 0.1) is 0 Å². The molecule has 3 N–H and O–H groups in total. The zero-order valence-electron chi connectivity index (χ0n) is 23.6. The van der Waals surface area contributed by atoms with E-state index in [0.717, 1.165) is 70.3 Å². The first-order chi connectivity index (χ1) is 19.1. The van der Waals surface area contributed by atoms with E-state index in [4.69, 9.17) is 0 Å². The number of nitrogens with one attached hydrogen (secondary N) is 3. The molecule has 1 aliphatic heterocycles. The topological polar surface area (TPSA) is 77.2 Å². The highest BCUT2D eigenvalue weighted by atomic mass is 16.1. The number of fused-ring (bicyclic) bond motifs is 1. The van der Waals surface area contributed by atoms with Gasteiger partial charge in [0, 0.05) is 68.6 Å². The van der Waals surface area contributed by atoms with Crippen LogP contribution in [-0.2, 0) is 16.0 Å². The molecule has 0 bridgehead atoms. The van der Waals surface area contributed by atoms with E-state index in [-0.39, 0.29) is 11.9 Å². The number of amides is 1. The minimum absolute atomic E-state index is 0.109. The van der Waals surface area contributed by atoms with Crippen LogP contribution in [-0.4, -0.2) is 60.3 Å². The molecule has 2 aromatic carbocycles. The molecule has 39 heavy (non-hydrogen) atoms. The molecular formula is C33H46N4O2. The zero-order chi connectivity index (χ0) is 27.3. The SMILES string of the molecule is CCC(=O)CCCCCC(CNCCN1CCC(c2ccccc2)C1)NC(=O)CCc1c[nH]c2ccccc12. The summed E-state index contributed by atoms with van der Waals surface area (Å²) in [7, 11) is 0. The number of nitrogens with zero attached hydrogens (tertiary/aromatic N) is 1. The highest BCUT2D eigenvalue weighted by Gasteiger charge is 2.23. The second-order valence-electron chi connectivity index (χ2n) is 11.0. The van der Waals surface area contributed by atoms with Crippen LogP contribution in [0.1, 0.15) is 75.3 Å². The number of unbranched alkanes of at least 4 members (excludes halogenated alkanes) is 2. The molecule has 0 radical (unpaired) electrons. The summed E-state index contributed by atoms with van der Waals surface area (Å²) in [5.41, 5.74) is 3.75. The summed E-state index contributed by atoms with van der Waals surface area (Å²) in [6, 6.07) is 19.2. The standard InChI is InChI=1S/C33H46N4O2/c1-2-30(38)14-8-4-7-13-29(36-33(39)18-17-27-23-35-32-16-10-9-15-31(27)32)24-34-20-22-37-21-19-28(25-37)26-11-5-3-6-12-26/h3,5-6,9-12,15-16,23,28-29,34-35H,2,4,7-8,13-14,17-22,24-25H2,1H3,(H,36,39). The van der Waals surface area contributed by atoms with E-state index in [1.165, 1.54) is 22.9 Å². The lowest BCUT2D eigenvalue weighted by molar-refractivity contribution is -0.121. The number of para-hydroxylation sites is 1. The van der Waals surface area contributed by atoms with Crippen molar-refractivity contribution in [3.05, 3.63) is 71.9 Å². The summed E-state index contributed by atoms with van der Waals surface area (Å²) >= 11 is 0. The van der Waals surface area contributed by atoms with Gasteiger partial charge in [-0.15, -0.1) is 0 Å². The fourth-order valence-corrected chi connectivity index (χ4v) is 5.72. The zero-order valence-corrected chi connectivity index (χ0v) is 23.6. The third kappa shape index (κ3) is 9.33. The maximum absolute atomic E-state index is 12.9. The Morgan fingerprint density at radius 2 is 1.85 bits per heavy atom. The third-order valence-corrected chi connectivity index (χ3v) is 8.10. The van der Waals surface area contributed by atoms with Gasteiger partial charge in [-0.25, -0.2) is 0 Å². The van der Waals surface area contributed by atoms with Crippen LogP contribution in [0.2, 0.25) is 0 Å². The molecule has 0 saturated carbocycles. The van der Waals surface area contributed by atoms with Crippen molar-refractivity contribution in [1.82, 2.24) is 20.5 Å². The minimum Gasteiger partial charge on any atom is -0.361 e. The number of hydrogen-bond donors (Lipinski definition) is 3. The molecule has 6 nitrogen and oxygen atoms in total. The number of rotatable bonds is 17. The van der Waals surface area contributed by atoms with E-state index in [2.05, 4.69) is 63.0 Å². The lowest BCUT2D eigenvalue weighted by atomic mass is 9.99. The number of aromatic amines is 1. The van der Waals surface area contributed by atoms with Crippen molar-refractivity contribution in [1.29, 1.82) is 0 Å². The van der Waals surface area contributed by atoms with Gasteiger partial charge in [-0.05, 0) is 55.3 Å². The monoisotopic (exact) mass is 530 g/mol. The lowest BCUT2D eigenvalue weighted by Gasteiger charge is -2.21. The molecule has 4 rings (SSSR count). The van der Waals surface area contributed by atoms with Gasteiger partial charge in [0.2, 0.25) is 5.91 Å². The summed E-state index contributed by atoms with van der Waals surface area (Å²) in [4.78, 5) is 30.4. The van der Waals surface area contributed by atoms with Gasteiger partial charge in [0.25, 0.3) is 0 Å². The van der Waals surface area contributed by atoms with Crippen LogP contribution in [0.5, 0.6) is 0 Å². The average Bonchev–Trinajstić information content (AvgIpc) is 3.61. The highest BCUT2D eigenvalue weighted by molar-refractivity contribution is 5.84. The van der Waals surface area contributed by atoms with Gasteiger partial charge in [0.05, 0.1) is 0 Å². The Bertz CT molecular complexity index is 1160. The first-order valence-electron chi connectivity index (χ1n) is 15.0. The Labute approximate surface area is 233 Å². The van der Waals surface area contributed by atoms with Crippen molar-refractivity contribution < 1.29 is 9.59 Å². The van der Waals surface area contributed by atoms with E-state index in [1.54, 1.807) is 0 Å². The molecule has 0 spiro atoms. The molecular weight excluding hydrogens is 484 g/mol. The van der Waals surface area contributed by atoms with Crippen molar-refractivity contribution in [2.24, 2.45) is 0 Å². The molecule has 2 heterocycles. The number of aromatic nitrogens is 1. The Kier molecular flexibility index (Phi) is 11.6. The van der Waals surface area contributed by atoms with Crippen LogP contribution < -0.4 is 10.6 Å². The first-order valence-corrected chi connectivity index (χ1v) is 15.0. The molecule has 210 valence electrons. The van der Waals surface area contributed by atoms with Gasteiger partial charge in [-0.3, -0.25) is 9.59 Å².